The van der Waals surface area contributed by atoms with E-state index in [1.165, 1.54) is 13.2 Å². The fourth-order valence-corrected chi connectivity index (χ4v) is 3.09. The minimum atomic E-state index is -4.06. The molecule has 25 heavy (non-hydrogen) atoms. The van der Waals surface area contributed by atoms with Crippen molar-refractivity contribution in [3.8, 4) is 5.75 Å². The molecule has 0 fully saturated rings. The average Bonchev–Trinajstić information content (AvgIpc) is 2.60. The number of hydrazine groups is 1. The molecule has 0 saturated heterocycles. The number of carboxylic acid groups (broad SMARTS) is 1. The summed E-state index contributed by atoms with van der Waals surface area (Å²) < 4.78 is 29.8. The average molecular weight is 429 g/mol. The van der Waals surface area contributed by atoms with Gasteiger partial charge in [-0.3, -0.25) is 10.2 Å². The minimum Gasteiger partial charge on any atom is -0.497 e. The molecule has 132 valence electrons. The SMILES string of the molecule is COc1ccc(Br)c(C(=O)NNS(=O)(=O)c2ccc(C(=O)O)cc2)c1. The van der Waals surface area contributed by atoms with Gasteiger partial charge in [-0.2, -0.15) is 0 Å². The zero-order valence-corrected chi connectivity index (χ0v) is 15.2. The second kappa shape index (κ2) is 7.64. The number of hydrogen-bond acceptors (Lipinski definition) is 5. The normalized spacial score (nSPS) is 11.0. The van der Waals surface area contributed by atoms with Crippen molar-refractivity contribution in [2.75, 3.05) is 7.11 Å². The molecule has 0 bridgehead atoms. The minimum absolute atomic E-state index is 0.0525. The fraction of sp³-hybridized carbons (Fsp3) is 0.0667. The number of rotatable bonds is 6. The van der Waals surface area contributed by atoms with Gasteiger partial charge >= 0.3 is 5.97 Å². The smallest absolute Gasteiger partial charge is 0.335 e. The van der Waals surface area contributed by atoms with Crippen molar-refractivity contribution >= 4 is 37.8 Å². The Morgan fingerprint density at radius 2 is 1.76 bits per heavy atom. The second-order valence-electron chi connectivity index (χ2n) is 4.73. The Morgan fingerprint density at radius 1 is 1.12 bits per heavy atom. The summed E-state index contributed by atoms with van der Waals surface area (Å²) in [5, 5.41) is 8.81. The van der Waals surface area contributed by atoms with Gasteiger partial charge in [-0.05, 0) is 58.4 Å². The Hall–Kier alpha value is -2.43. The Morgan fingerprint density at radius 3 is 2.32 bits per heavy atom. The van der Waals surface area contributed by atoms with E-state index in [1.54, 1.807) is 12.1 Å². The van der Waals surface area contributed by atoms with Crippen molar-refractivity contribution in [2.45, 2.75) is 4.90 Å². The quantitative estimate of drug-likeness (QED) is 0.602. The maximum atomic E-state index is 12.2. The zero-order chi connectivity index (χ0) is 18.6. The lowest BCUT2D eigenvalue weighted by Crippen LogP contribution is -2.41. The van der Waals surface area contributed by atoms with Crippen LogP contribution < -0.4 is 15.0 Å². The Labute approximate surface area is 152 Å². The molecule has 0 atom stereocenters. The molecule has 2 rings (SSSR count). The number of aromatic carboxylic acids is 1. The van der Waals surface area contributed by atoms with Crippen molar-refractivity contribution < 1.29 is 27.9 Å². The van der Waals surface area contributed by atoms with Gasteiger partial charge in [0.25, 0.3) is 15.9 Å². The van der Waals surface area contributed by atoms with E-state index in [4.69, 9.17) is 9.84 Å². The lowest BCUT2D eigenvalue weighted by atomic mass is 10.2. The van der Waals surface area contributed by atoms with Crippen LogP contribution in [0, 0.1) is 0 Å². The number of ether oxygens (including phenoxy) is 1. The number of nitrogens with one attached hydrogen (secondary N) is 2. The summed E-state index contributed by atoms with van der Waals surface area (Å²) >= 11 is 3.20. The monoisotopic (exact) mass is 428 g/mol. The maximum Gasteiger partial charge on any atom is 0.335 e. The molecule has 0 aromatic heterocycles. The highest BCUT2D eigenvalue weighted by Gasteiger charge is 2.18. The third-order valence-corrected chi connectivity index (χ3v) is 5.08. The topological polar surface area (TPSA) is 122 Å². The molecule has 0 aliphatic heterocycles. The summed E-state index contributed by atoms with van der Waals surface area (Å²) in [6, 6.07) is 9.21. The summed E-state index contributed by atoms with van der Waals surface area (Å²) in [6.07, 6.45) is 0. The molecule has 10 heteroatoms. The van der Waals surface area contributed by atoms with Crippen molar-refractivity contribution in [1.29, 1.82) is 0 Å². The largest absolute Gasteiger partial charge is 0.497 e. The first-order valence-electron chi connectivity index (χ1n) is 6.73. The summed E-state index contributed by atoms with van der Waals surface area (Å²) in [6.45, 7) is 0. The molecule has 3 N–H and O–H groups in total. The van der Waals surface area contributed by atoms with Gasteiger partial charge in [0.1, 0.15) is 5.75 Å². The summed E-state index contributed by atoms with van der Waals surface area (Å²) in [7, 11) is -2.62. The zero-order valence-electron chi connectivity index (χ0n) is 12.8. The molecule has 0 unspecified atom stereocenters. The van der Waals surface area contributed by atoms with Crippen LogP contribution in [0.1, 0.15) is 20.7 Å². The van der Waals surface area contributed by atoms with Crippen LogP contribution in [0.4, 0.5) is 0 Å². The van der Waals surface area contributed by atoms with Crippen LogP contribution in [0.25, 0.3) is 0 Å². The molecular weight excluding hydrogens is 416 g/mol. The number of benzene rings is 2. The molecule has 0 aliphatic carbocycles. The van der Waals surface area contributed by atoms with Crippen LogP contribution in [0.2, 0.25) is 0 Å². The van der Waals surface area contributed by atoms with E-state index in [2.05, 4.69) is 21.4 Å². The number of carbonyl (C=O) groups excluding carboxylic acids is 1. The molecule has 0 heterocycles. The number of carboxylic acids is 1. The van der Waals surface area contributed by atoms with E-state index in [9.17, 15) is 18.0 Å². The number of sulfonamides is 1. The summed E-state index contributed by atoms with van der Waals surface area (Å²) in [5.74, 6) is -1.44. The number of carbonyl (C=O) groups is 2. The lowest BCUT2D eigenvalue weighted by molar-refractivity contribution is 0.0696. The van der Waals surface area contributed by atoms with Gasteiger partial charge in [-0.1, -0.05) is 0 Å². The molecule has 2 aromatic rings. The van der Waals surface area contributed by atoms with Crippen molar-refractivity contribution in [3.05, 3.63) is 58.1 Å². The van der Waals surface area contributed by atoms with Crippen LogP contribution in [0.3, 0.4) is 0 Å². The van der Waals surface area contributed by atoms with Crippen LogP contribution in [-0.4, -0.2) is 32.5 Å². The van der Waals surface area contributed by atoms with E-state index in [-0.39, 0.29) is 16.0 Å². The lowest BCUT2D eigenvalue weighted by Gasteiger charge is -2.10. The van der Waals surface area contributed by atoms with E-state index in [0.29, 0.717) is 10.2 Å². The third-order valence-electron chi connectivity index (χ3n) is 3.13. The first kappa shape index (κ1) is 18.9. The predicted octanol–water partition coefficient (Wildman–Crippen LogP) is 1.78. The second-order valence-corrected chi connectivity index (χ2v) is 7.27. The standard InChI is InChI=1S/C15H13BrN2O6S/c1-24-10-4-7-13(16)12(8-10)14(19)17-18-25(22,23)11-5-2-9(3-6-11)15(20)21/h2-8,18H,1H3,(H,17,19)(H,20,21). The van der Waals surface area contributed by atoms with Crippen molar-refractivity contribution in [2.24, 2.45) is 0 Å². The number of hydrogen-bond donors (Lipinski definition) is 3. The van der Waals surface area contributed by atoms with Crippen LogP contribution in [0.5, 0.6) is 5.75 Å². The van der Waals surface area contributed by atoms with Gasteiger partial charge in [0.15, 0.2) is 0 Å². The van der Waals surface area contributed by atoms with Crippen LogP contribution in [-0.2, 0) is 10.0 Å². The summed E-state index contributed by atoms with van der Waals surface area (Å²) in [4.78, 5) is 24.7. The van der Waals surface area contributed by atoms with E-state index in [1.807, 2.05) is 4.83 Å². The Balaban J connectivity index is 2.14. The molecule has 1 amide bonds. The van der Waals surface area contributed by atoms with Crippen molar-refractivity contribution in [3.63, 3.8) is 0 Å². The van der Waals surface area contributed by atoms with Gasteiger partial charge in [0.05, 0.1) is 23.1 Å². The Bertz CT molecular complexity index is 912. The Kier molecular flexibility index (Phi) is 5.77. The predicted molar refractivity (Wildman–Crippen MR) is 91.9 cm³/mol. The van der Waals surface area contributed by atoms with Gasteiger partial charge in [0, 0.05) is 4.47 Å². The van der Waals surface area contributed by atoms with E-state index in [0.717, 1.165) is 24.3 Å². The van der Waals surface area contributed by atoms with Gasteiger partial charge in [-0.15, -0.1) is 4.83 Å². The first-order chi connectivity index (χ1) is 11.7. The molecule has 2 aromatic carbocycles. The van der Waals surface area contributed by atoms with E-state index >= 15 is 0 Å². The molecule has 8 nitrogen and oxygen atoms in total. The number of halogens is 1. The van der Waals surface area contributed by atoms with Gasteiger partial charge in [-0.25, -0.2) is 13.2 Å². The highest BCUT2D eigenvalue weighted by Crippen LogP contribution is 2.22. The van der Waals surface area contributed by atoms with Gasteiger partial charge < -0.3 is 9.84 Å². The van der Waals surface area contributed by atoms with Crippen LogP contribution in [0.15, 0.2) is 51.8 Å². The fourth-order valence-electron chi connectivity index (χ4n) is 1.82. The molecule has 0 aliphatic rings. The number of amides is 1. The highest BCUT2D eigenvalue weighted by atomic mass is 79.9. The third kappa shape index (κ3) is 4.56. The van der Waals surface area contributed by atoms with E-state index < -0.39 is 21.9 Å². The molecular formula is C15H13BrN2O6S. The maximum absolute atomic E-state index is 12.2. The summed E-state index contributed by atoms with van der Waals surface area (Å²) in [5.41, 5.74) is 2.21. The number of methoxy groups -OCH3 is 1. The molecule has 0 radical (unpaired) electrons. The molecule has 0 spiro atoms. The van der Waals surface area contributed by atoms with Gasteiger partial charge in [0.2, 0.25) is 0 Å². The van der Waals surface area contributed by atoms with Crippen molar-refractivity contribution in [1.82, 2.24) is 10.3 Å². The molecule has 0 saturated carbocycles. The van der Waals surface area contributed by atoms with Crippen LogP contribution >= 0.6 is 15.9 Å². The highest BCUT2D eigenvalue weighted by molar-refractivity contribution is 9.10. The first-order valence-corrected chi connectivity index (χ1v) is 9.01.